The number of hydrogen-bond acceptors (Lipinski definition) is 3. The van der Waals surface area contributed by atoms with E-state index in [0.29, 0.717) is 6.04 Å². The molecule has 3 nitrogen and oxygen atoms in total. The number of methoxy groups -OCH3 is 1. The van der Waals surface area contributed by atoms with Crippen molar-refractivity contribution in [3.63, 3.8) is 0 Å². The minimum atomic E-state index is 0.310. The van der Waals surface area contributed by atoms with Crippen LogP contribution in [-0.4, -0.2) is 18.7 Å². The van der Waals surface area contributed by atoms with Crippen molar-refractivity contribution < 1.29 is 4.74 Å². The van der Waals surface area contributed by atoms with E-state index in [0.717, 1.165) is 18.7 Å². The van der Waals surface area contributed by atoms with E-state index in [4.69, 9.17) is 10.6 Å². The predicted octanol–water partition coefficient (Wildman–Crippen LogP) is 1.49. The van der Waals surface area contributed by atoms with E-state index in [1.807, 2.05) is 11.1 Å². The average Bonchev–Trinajstić information content (AvgIpc) is 2.23. The van der Waals surface area contributed by atoms with Gasteiger partial charge in [0.2, 0.25) is 0 Å². The van der Waals surface area contributed by atoms with Gasteiger partial charge in [-0.3, -0.25) is 5.84 Å². The van der Waals surface area contributed by atoms with Gasteiger partial charge in [0.15, 0.2) is 0 Å². The Morgan fingerprint density at radius 2 is 2.29 bits per heavy atom. The Labute approximate surface area is 84.4 Å². The van der Waals surface area contributed by atoms with Crippen molar-refractivity contribution in [1.82, 2.24) is 5.01 Å². The number of fused-ring (bicyclic) bond motifs is 1. The molecule has 0 spiro atoms. The molecule has 0 bridgehead atoms. The molecule has 1 aliphatic heterocycles. The van der Waals surface area contributed by atoms with Gasteiger partial charge in [0.05, 0.1) is 7.11 Å². The fraction of sp³-hybridized carbons (Fsp3) is 0.455. The fourth-order valence-electron chi connectivity index (χ4n) is 1.96. The molecule has 1 atom stereocenters. The van der Waals surface area contributed by atoms with Gasteiger partial charge in [0.25, 0.3) is 0 Å². The zero-order valence-electron chi connectivity index (χ0n) is 8.66. The van der Waals surface area contributed by atoms with Crippen molar-refractivity contribution in [2.24, 2.45) is 5.84 Å². The van der Waals surface area contributed by atoms with Crippen molar-refractivity contribution in [1.29, 1.82) is 0 Å². The van der Waals surface area contributed by atoms with Gasteiger partial charge < -0.3 is 4.74 Å². The fourth-order valence-corrected chi connectivity index (χ4v) is 1.96. The Kier molecular flexibility index (Phi) is 2.44. The van der Waals surface area contributed by atoms with E-state index in [2.05, 4.69) is 19.1 Å². The van der Waals surface area contributed by atoms with Crippen LogP contribution in [0.1, 0.15) is 24.1 Å². The highest BCUT2D eigenvalue weighted by Crippen LogP contribution is 2.29. The quantitative estimate of drug-likeness (QED) is 0.685. The summed E-state index contributed by atoms with van der Waals surface area (Å²) < 4.78 is 5.20. The summed E-state index contributed by atoms with van der Waals surface area (Å²) in [6, 6.07) is 6.52. The van der Waals surface area contributed by atoms with Gasteiger partial charge in [-0.25, -0.2) is 5.01 Å². The molecule has 14 heavy (non-hydrogen) atoms. The molecule has 1 aromatic carbocycles. The van der Waals surface area contributed by atoms with Crippen molar-refractivity contribution >= 4 is 0 Å². The van der Waals surface area contributed by atoms with E-state index in [1.54, 1.807) is 7.11 Å². The summed E-state index contributed by atoms with van der Waals surface area (Å²) in [6.45, 7) is 3.05. The van der Waals surface area contributed by atoms with Gasteiger partial charge in [-0.2, -0.15) is 0 Å². The second-order valence-corrected chi connectivity index (χ2v) is 3.73. The summed E-state index contributed by atoms with van der Waals surface area (Å²) in [5.74, 6) is 6.80. The van der Waals surface area contributed by atoms with Crippen LogP contribution in [0.25, 0.3) is 0 Å². The molecule has 1 heterocycles. The van der Waals surface area contributed by atoms with Gasteiger partial charge in [-0.05, 0) is 36.6 Å². The van der Waals surface area contributed by atoms with Gasteiger partial charge in [-0.1, -0.05) is 6.07 Å². The van der Waals surface area contributed by atoms with Crippen LogP contribution in [0.5, 0.6) is 5.75 Å². The Bertz CT molecular complexity index is 338. The highest BCUT2D eigenvalue weighted by Gasteiger charge is 2.21. The first-order chi connectivity index (χ1) is 6.72. The first kappa shape index (κ1) is 9.49. The van der Waals surface area contributed by atoms with Crippen LogP contribution < -0.4 is 10.6 Å². The standard InChI is InChI=1S/C11H16N2O/c1-8-11-4-3-10(14-2)7-9(11)5-6-13(8)12/h3-4,7-8H,5-6,12H2,1-2H3. The Morgan fingerprint density at radius 3 is 3.00 bits per heavy atom. The van der Waals surface area contributed by atoms with Crippen LogP contribution in [0.4, 0.5) is 0 Å². The molecule has 0 aromatic heterocycles. The molecule has 0 aliphatic carbocycles. The zero-order valence-corrected chi connectivity index (χ0v) is 8.66. The molecular formula is C11H16N2O. The number of nitrogens with zero attached hydrogens (tertiary/aromatic N) is 1. The molecule has 1 aromatic rings. The van der Waals surface area contributed by atoms with Crippen LogP contribution in [0.15, 0.2) is 18.2 Å². The predicted molar refractivity (Wildman–Crippen MR) is 56.0 cm³/mol. The maximum Gasteiger partial charge on any atom is 0.119 e. The third-order valence-corrected chi connectivity index (χ3v) is 2.94. The number of hydrazine groups is 1. The zero-order chi connectivity index (χ0) is 10.1. The molecule has 1 aliphatic rings. The van der Waals surface area contributed by atoms with Crippen LogP contribution in [0, 0.1) is 0 Å². The van der Waals surface area contributed by atoms with E-state index in [9.17, 15) is 0 Å². The van der Waals surface area contributed by atoms with Crippen molar-refractivity contribution in [2.75, 3.05) is 13.7 Å². The van der Waals surface area contributed by atoms with Crippen molar-refractivity contribution in [3.05, 3.63) is 29.3 Å². The molecule has 0 saturated carbocycles. The summed E-state index contributed by atoms with van der Waals surface area (Å²) in [7, 11) is 1.70. The second kappa shape index (κ2) is 3.59. The molecule has 0 radical (unpaired) electrons. The summed E-state index contributed by atoms with van der Waals surface area (Å²) in [5.41, 5.74) is 2.68. The average molecular weight is 192 g/mol. The maximum atomic E-state index is 5.87. The molecule has 0 fully saturated rings. The minimum absolute atomic E-state index is 0.310. The third-order valence-electron chi connectivity index (χ3n) is 2.94. The highest BCUT2D eigenvalue weighted by molar-refractivity contribution is 5.38. The topological polar surface area (TPSA) is 38.5 Å². The molecule has 2 rings (SSSR count). The Hall–Kier alpha value is -1.06. The van der Waals surface area contributed by atoms with Gasteiger partial charge in [-0.15, -0.1) is 0 Å². The summed E-state index contributed by atoms with van der Waals surface area (Å²) in [5, 5.41) is 1.88. The number of ether oxygens (including phenoxy) is 1. The monoisotopic (exact) mass is 192 g/mol. The van der Waals surface area contributed by atoms with Gasteiger partial charge >= 0.3 is 0 Å². The van der Waals surface area contributed by atoms with E-state index >= 15 is 0 Å². The molecular weight excluding hydrogens is 176 g/mol. The largest absolute Gasteiger partial charge is 0.497 e. The van der Waals surface area contributed by atoms with Crippen molar-refractivity contribution in [2.45, 2.75) is 19.4 Å². The SMILES string of the molecule is COc1ccc2c(c1)CCN(N)C2C. The summed E-state index contributed by atoms with van der Waals surface area (Å²) in [6.07, 6.45) is 1.01. The minimum Gasteiger partial charge on any atom is -0.497 e. The van der Waals surface area contributed by atoms with Gasteiger partial charge in [0, 0.05) is 12.6 Å². The summed E-state index contributed by atoms with van der Waals surface area (Å²) >= 11 is 0. The number of hydrogen-bond donors (Lipinski definition) is 1. The molecule has 0 saturated heterocycles. The number of nitrogens with two attached hydrogens (primary N) is 1. The Balaban J connectivity index is 2.38. The lowest BCUT2D eigenvalue weighted by Crippen LogP contribution is -2.39. The Morgan fingerprint density at radius 1 is 1.50 bits per heavy atom. The number of rotatable bonds is 1. The van der Waals surface area contributed by atoms with Crippen LogP contribution in [-0.2, 0) is 6.42 Å². The second-order valence-electron chi connectivity index (χ2n) is 3.73. The first-order valence-electron chi connectivity index (χ1n) is 4.90. The molecule has 76 valence electrons. The van der Waals surface area contributed by atoms with Crippen molar-refractivity contribution in [3.8, 4) is 5.75 Å². The van der Waals surface area contributed by atoms with Crippen LogP contribution in [0.2, 0.25) is 0 Å². The normalized spacial score (nSPS) is 21.8. The number of benzene rings is 1. The van der Waals surface area contributed by atoms with E-state index in [1.165, 1.54) is 11.1 Å². The smallest absolute Gasteiger partial charge is 0.119 e. The maximum absolute atomic E-state index is 5.87. The van der Waals surface area contributed by atoms with Gasteiger partial charge in [0.1, 0.15) is 5.75 Å². The van der Waals surface area contributed by atoms with E-state index < -0.39 is 0 Å². The molecule has 2 N–H and O–H groups in total. The van der Waals surface area contributed by atoms with E-state index in [-0.39, 0.29) is 0 Å². The summed E-state index contributed by atoms with van der Waals surface area (Å²) in [4.78, 5) is 0. The van der Waals surface area contributed by atoms with Crippen LogP contribution >= 0.6 is 0 Å². The molecule has 1 unspecified atom stereocenters. The lowest BCUT2D eigenvalue weighted by molar-refractivity contribution is 0.203. The molecule has 3 heteroatoms. The molecule has 0 amide bonds. The van der Waals surface area contributed by atoms with Crippen LogP contribution in [0.3, 0.4) is 0 Å². The first-order valence-corrected chi connectivity index (χ1v) is 4.90. The third kappa shape index (κ3) is 1.49. The lowest BCUT2D eigenvalue weighted by Gasteiger charge is -2.31. The lowest BCUT2D eigenvalue weighted by atomic mass is 9.94. The highest BCUT2D eigenvalue weighted by atomic mass is 16.5.